The Balaban J connectivity index is 1.94. The molecule has 0 aliphatic heterocycles. The summed E-state index contributed by atoms with van der Waals surface area (Å²) in [6.07, 6.45) is -9.13. The van der Waals surface area contributed by atoms with Gasteiger partial charge in [0.15, 0.2) is 5.82 Å². The number of aryl methyl sites for hydroxylation is 1. The Labute approximate surface area is 184 Å². The number of halogens is 6. The molecular formula is C18H13F6N5O3S. The van der Waals surface area contributed by atoms with Crippen molar-refractivity contribution in [3.05, 3.63) is 57.6 Å². The van der Waals surface area contributed by atoms with E-state index in [1.165, 1.54) is 13.8 Å². The SMILES string of the molecule is Cc1nc(C(C)NC(=O)c2cc(C(F)(F)F)cc(C(F)(F)F)c2)n(-c2ncc(C(=O)O)s2)n1. The van der Waals surface area contributed by atoms with Crippen LogP contribution in [0.2, 0.25) is 0 Å². The molecule has 0 aliphatic rings. The summed E-state index contributed by atoms with van der Waals surface area (Å²) < 4.78 is 79.5. The number of hydrogen-bond acceptors (Lipinski definition) is 6. The first-order valence-corrected chi connectivity index (χ1v) is 9.72. The van der Waals surface area contributed by atoms with Crippen molar-refractivity contribution in [1.82, 2.24) is 25.1 Å². The summed E-state index contributed by atoms with van der Waals surface area (Å²) in [6.45, 7) is 2.87. The van der Waals surface area contributed by atoms with Crippen molar-refractivity contribution >= 4 is 23.2 Å². The lowest BCUT2D eigenvalue weighted by atomic mass is 10.0. The fourth-order valence-corrected chi connectivity index (χ4v) is 3.46. The number of carbonyl (C=O) groups excluding carboxylic acids is 1. The molecule has 1 amide bonds. The summed E-state index contributed by atoms with van der Waals surface area (Å²) in [7, 11) is 0. The van der Waals surface area contributed by atoms with Gasteiger partial charge in [0.2, 0.25) is 5.13 Å². The topological polar surface area (TPSA) is 110 Å². The van der Waals surface area contributed by atoms with Crippen LogP contribution in [0.25, 0.3) is 5.13 Å². The zero-order chi connectivity index (χ0) is 24.7. The second-order valence-electron chi connectivity index (χ2n) is 6.73. The van der Waals surface area contributed by atoms with E-state index in [0.717, 1.165) is 22.2 Å². The van der Waals surface area contributed by atoms with Gasteiger partial charge in [-0.2, -0.15) is 31.0 Å². The second kappa shape index (κ2) is 8.46. The fraction of sp³-hybridized carbons (Fsp3) is 0.278. The normalized spacial score (nSPS) is 13.1. The van der Waals surface area contributed by atoms with Crippen LogP contribution in [0, 0.1) is 6.92 Å². The number of hydrogen-bond donors (Lipinski definition) is 2. The molecule has 1 atom stereocenters. The first kappa shape index (κ1) is 24.2. The van der Waals surface area contributed by atoms with Gasteiger partial charge >= 0.3 is 18.3 Å². The molecule has 176 valence electrons. The predicted molar refractivity (Wildman–Crippen MR) is 101 cm³/mol. The van der Waals surface area contributed by atoms with Crippen molar-refractivity contribution in [2.75, 3.05) is 0 Å². The molecule has 1 aromatic carbocycles. The third-order valence-corrected chi connectivity index (χ3v) is 5.17. The number of alkyl halides is 6. The third kappa shape index (κ3) is 5.30. The summed E-state index contributed by atoms with van der Waals surface area (Å²) in [6, 6.07) is -0.497. The van der Waals surface area contributed by atoms with Crippen LogP contribution in [0.1, 0.15) is 55.8 Å². The number of nitrogens with one attached hydrogen (secondary N) is 1. The summed E-state index contributed by atoms with van der Waals surface area (Å²) in [5.41, 5.74) is -4.11. The van der Waals surface area contributed by atoms with Gasteiger partial charge in [0.25, 0.3) is 5.91 Å². The molecule has 0 saturated carbocycles. The Morgan fingerprint density at radius 1 is 1.09 bits per heavy atom. The number of benzene rings is 1. The number of nitrogens with zero attached hydrogens (tertiary/aromatic N) is 4. The van der Waals surface area contributed by atoms with E-state index in [1.807, 2.05) is 0 Å². The minimum absolute atomic E-state index is 0.0372. The van der Waals surface area contributed by atoms with E-state index >= 15 is 0 Å². The smallest absolute Gasteiger partial charge is 0.416 e. The van der Waals surface area contributed by atoms with Crippen LogP contribution in [0.5, 0.6) is 0 Å². The van der Waals surface area contributed by atoms with E-state index in [4.69, 9.17) is 5.11 Å². The lowest BCUT2D eigenvalue weighted by Gasteiger charge is -2.16. The van der Waals surface area contributed by atoms with Gasteiger partial charge < -0.3 is 10.4 Å². The molecule has 2 heterocycles. The van der Waals surface area contributed by atoms with Gasteiger partial charge in [0.05, 0.1) is 23.4 Å². The van der Waals surface area contributed by atoms with E-state index in [1.54, 1.807) is 0 Å². The molecule has 33 heavy (non-hydrogen) atoms. The molecule has 0 aliphatic carbocycles. The van der Waals surface area contributed by atoms with Crippen LogP contribution < -0.4 is 5.32 Å². The van der Waals surface area contributed by atoms with Crippen molar-refractivity contribution < 1.29 is 41.0 Å². The number of carboxylic acids is 1. The highest BCUT2D eigenvalue weighted by Gasteiger charge is 2.37. The molecule has 3 rings (SSSR count). The number of amides is 1. The molecule has 1 unspecified atom stereocenters. The van der Waals surface area contributed by atoms with Crippen LogP contribution in [0.3, 0.4) is 0 Å². The Hall–Kier alpha value is -3.49. The van der Waals surface area contributed by atoms with Gasteiger partial charge in [-0.3, -0.25) is 4.79 Å². The van der Waals surface area contributed by atoms with Crippen LogP contribution in [0.15, 0.2) is 24.4 Å². The lowest BCUT2D eigenvalue weighted by Crippen LogP contribution is -2.29. The van der Waals surface area contributed by atoms with Crippen LogP contribution in [-0.4, -0.2) is 36.7 Å². The van der Waals surface area contributed by atoms with Crippen molar-refractivity contribution in [1.29, 1.82) is 0 Å². The van der Waals surface area contributed by atoms with Gasteiger partial charge in [0.1, 0.15) is 10.7 Å². The maximum Gasteiger partial charge on any atom is 0.416 e. The number of carboxylic acid groups (broad SMARTS) is 1. The molecule has 2 aromatic heterocycles. The molecule has 8 nitrogen and oxygen atoms in total. The highest BCUT2D eigenvalue weighted by atomic mass is 32.1. The van der Waals surface area contributed by atoms with E-state index in [2.05, 4.69) is 20.4 Å². The standard InChI is InChI=1S/C18H13F6N5O3S/c1-7(13-27-8(2)28-29(13)16-25-6-12(33-16)15(31)32)26-14(30)9-3-10(17(19,20)21)5-11(4-9)18(22,23)24/h3-7H,1-2H3,(H,26,30)(H,31,32). The fourth-order valence-electron chi connectivity index (χ4n) is 2.74. The zero-order valence-electron chi connectivity index (χ0n) is 16.6. The molecule has 15 heteroatoms. The molecular weight excluding hydrogens is 480 g/mol. The molecule has 0 spiro atoms. The number of aromatic nitrogens is 4. The molecule has 0 saturated heterocycles. The van der Waals surface area contributed by atoms with Gasteiger partial charge in [-0.25, -0.2) is 14.8 Å². The summed E-state index contributed by atoms with van der Waals surface area (Å²) in [5, 5.41) is 15.5. The zero-order valence-corrected chi connectivity index (χ0v) is 17.4. The van der Waals surface area contributed by atoms with Crippen LogP contribution in [0.4, 0.5) is 26.3 Å². The van der Waals surface area contributed by atoms with Crippen molar-refractivity contribution in [2.45, 2.75) is 32.2 Å². The molecule has 0 fully saturated rings. The van der Waals surface area contributed by atoms with Gasteiger partial charge in [-0.05, 0) is 32.0 Å². The number of aromatic carboxylic acids is 1. The Kier molecular flexibility index (Phi) is 6.19. The van der Waals surface area contributed by atoms with E-state index in [-0.39, 0.29) is 27.7 Å². The van der Waals surface area contributed by atoms with Crippen LogP contribution >= 0.6 is 11.3 Å². The molecule has 0 bridgehead atoms. The monoisotopic (exact) mass is 493 g/mol. The highest BCUT2D eigenvalue weighted by molar-refractivity contribution is 7.15. The summed E-state index contributed by atoms with van der Waals surface area (Å²) in [5.74, 6) is -2.20. The maximum atomic E-state index is 13.1. The van der Waals surface area contributed by atoms with E-state index in [0.29, 0.717) is 12.1 Å². The molecule has 2 N–H and O–H groups in total. The average Bonchev–Trinajstić information content (AvgIpc) is 3.33. The molecule has 0 radical (unpaired) electrons. The van der Waals surface area contributed by atoms with Gasteiger partial charge in [-0.1, -0.05) is 11.3 Å². The predicted octanol–water partition coefficient (Wildman–Crippen LogP) is 4.26. The molecule has 3 aromatic rings. The van der Waals surface area contributed by atoms with Crippen molar-refractivity contribution in [3.63, 3.8) is 0 Å². The summed E-state index contributed by atoms with van der Waals surface area (Å²) >= 11 is 0.751. The Morgan fingerprint density at radius 2 is 1.67 bits per heavy atom. The quantitative estimate of drug-likeness (QED) is 0.514. The van der Waals surface area contributed by atoms with Crippen molar-refractivity contribution in [3.8, 4) is 5.13 Å². The first-order valence-electron chi connectivity index (χ1n) is 8.90. The van der Waals surface area contributed by atoms with E-state index < -0.39 is 47.0 Å². The maximum absolute atomic E-state index is 13.1. The number of carbonyl (C=O) groups is 2. The average molecular weight is 493 g/mol. The Bertz CT molecular complexity index is 1180. The first-order chi connectivity index (χ1) is 15.2. The third-order valence-electron chi connectivity index (χ3n) is 4.21. The van der Waals surface area contributed by atoms with Gasteiger partial charge in [-0.15, -0.1) is 5.10 Å². The highest BCUT2D eigenvalue weighted by Crippen LogP contribution is 2.36. The van der Waals surface area contributed by atoms with Gasteiger partial charge in [0, 0.05) is 5.56 Å². The largest absolute Gasteiger partial charge is 0.477 e. The minimum Gasteiger partial charge on any atom is -0.477 e. The van der Waals surface area contributed by atoms with E-state index in [9.17, 15) is 35.9 Å². The number of rotatable bonds is 5. The number of thiazole rings is 1. The Morgan fingerprint density at radius 3 is 2.15 bits per heavy atom. The van der Waals surface area contributed by atoms with Crippen molar-refractivity contribution in [2.24, 2.45) is 0 Å². The lowest BCUT2D eigenvalue weighted by molar-refractivity contribution is -0.143. The second-order valence-corrected chi connectivity index (χ2v) is 7.74. The summed E-state index contributed by atoms with van der Waals surface area (Å²) in [4.78, 5) is 31.5. The minimum atomic E-state index is -5.11. The van der Waals surface area contributed by atoms with Crippen LogP contribution in [-0.2, 0) is 12.4 Å².